The van der Waals surface area contributed by atoms with Crippen molar-refractivity contribution in [3.05, 3.63) is 65.5 Å². The van der Waals surface area contributed by atoms with E-state index < -0.39 is 52.6 Å². The fraction of sp³-hybridized carbons (Fsp3) is 0.304. The molecule has 2 amide bonds. The van der Waals surface area contributed by atoms with Crippen molar-refractivity contribution in [3.63, 3.8) is 0 Å². The smallest absolute Gasteiger partial charge is 0.240 e. The van der Waals surface area contributed by atoms with Gasteiger partial charge in [0.25, 0.3) is 0 Å². The van der Waals surface area contributed by atoms with Crippen LogP contribution in [0.1, 0.15) is 34.6 Å². The van der Waals surface area contributed by atoms with Crippen molar-refractivity contribution in [2.75, 3.05) is 4.90 Å². The molecule has 6 nitrogen and oxygen atoms in total. The average molecular weight is 406 g/mol. The lowest BCUT2D eigenvalue weighted by Gasteiger charge is -2.29. The topological polar surface area (TPSA) is 83.6 Å². The number of hydrogen-bond acceptors (Lipinski definition) is 5. The molecule has 2 heterocycles. The van der Waals surface area contributed by atoms with Crippen molar-refractivity contribution in [2.24, 2.45) is 17.8 Å². The molecule has 3 atom stereocenters. The summed E-state index contributed by atoms with van der Waals surface area (Å²) in [4.78, 5) is 54.8. The Balaban J connectivity index is 1.67. The zero-order valence-electron chi connectivity index (χ0n) is 16.4. The van der Waals surface area contributed by atoms with E-state index in [0.717, 1.165) is 4.90 Å². The number of carbonyl (C=O) groups is 4. The number of nitrogens with zero attached hydrogens (tertiary/aromatic N) is 1. The van der Waals surface area contributed by atoms with E-state index in [1.165, 1.54) is 24.3 Å². The third-order valence-corrected chi connectivity index (χ3v) is 6.53. The third-order valence-electron chi connectivity index (χ3n) is 6.53. The van der Waals surface area contributed by atoms with Gasteiger partial charge >= 0.3 is 0 Å². The van der Waals surface area contributed by atoms with Crippen LogP contribution in [0.25, 0.3) is 0 Å². The van der Waals surface area contributed by atoms with Crippen LogP contribution in [0, 0.1) is 23.6 Å². The Morgan fingerprint density at radius 3 is 2.00 bits per heavy atom. The molecule has 1 N–H and O–H groups in total. The summed E-state index contributed by atoms with van der Waals surface area (Å²) in [5.74, 6) is -4.62. The largest absolute Gasteiger partial charge is 0.294 e. The second kappa shape index (κ2) is 6.15. The first-order valence-electron chi connectivity index (χ1n) is 9.88. The number of Topliss-reactive ketones (excluding diaryl/α,β-unsaturated/α-hetero) is 2. The van der Waals surface area contributed by atoms with E-state index in [1.54, 1.807) is 24.3 Å². The molecule has 0 radical (unpaired) electrons. The molecular weight excluding hydrogens is 387 g/mol. The van der Waals surface area contributed by atoms with Crippen molar-refractivity contribution in [1.82, 2.24) is 5.32 Å². The zero-order chi connectivity index (χ0) is 21.4. The number of ketones is 2. The second-order valence-corrected chi connectivity index (χ2v) is 8.42. The van der Waals surface area contributed by atoms with Gasteiger partial charge in [-0.05, 0) is 30.2 Å². The molecule has 1 aliphatic carbocycles. The molecule has 2 fully saturated rings. The lowest BCUT2D eigenvalue weighted by Crippen LogP contribution is -2.59. The average Bonchev–Trinajstić information content (AvgIpc) is 3.29. The van der Waals surface area contributed by atoms with E-state index in [1.807, 2.05) is 13.8 Å². The van der Waals surface area contributed by atoms with Gasteiger partial charge in [0.2, 0.25) is 11.8 Å². The minimum Gasteiger partial charge on any atom is -0.294 e. The van der Waals surface area contributed by atoms with E-state index in [2.05, 4.69) is 5.32 Å². The highest BCUT2D eigenvalue weighted by atomic mass is 19.1. The SMILES string of the molecule is CC(C)[C@@H]1NC2(C(=O)c3ccccc3C2=O)[C@@H]2C(=O)N(c3ccc(F)cc3)C(=O)[C@@H]21. The number of nitrogens with one attached hydrogen (secondary N) is 1. The molecule has 2 aromatic rings. The van der Waals surface area contributed by atoms with E-state index in [0.29, 0.717) is 0 Å². The second-order valence-electron chi connectivity index (χ2n) is 8.42. The Morgan fingerprint density at radius 1 is 0.900 bits per heavy atom. The van der Waals surface area contributed by atoms with Gasteiger partial charge < -0.3 is 0 Å². The standard InChI is InChI=1S/C23H19FN2O4/c1-11(2)18-16-17(22(30)26(21(16)29)13-9-7-12(24)8-10-13)23(25-18)19(27)14-5-3-4-6-15(14)20(23)28/h3-11,16-18,25H,1-2H3/t16-,17-,18-/m0/s1. The summed E-state index contributed by atoms with van der Waals surface area (Å²) in [6, 6.07) is 11.0. The van der Waals surface area contributed by atoms with Crippen LogP contribution in [0.15, 0.2) is 48.5 Å². The summed E-state index contributed by atoms with van der Waals surface area (Å²) in [7, 11) is 0. The fourth-order valence-corrected chi connectivity index (χ4v) is 5.20. The van der Waals surface area contributed by atoms with Crippen LogP contribution in [0.5, 0.6) is 0 Å². The van der Waals surface area contributed by atoms with Crippen LogP contribution in [0.2, 0.25) is 0 Å². The van der Waals surface area contributed by atoms with Crippen LogP contribution in [0.4, 0.5) is 10.1 Å². The number of hydrogen-bond donors (Lipinski definition) is 1. The predicted octanol–water partition coefficient (Wildman–Crippen LogP) is 2.38. The Kier molecular flexibility index (Phi) is 3.86. The van der Waals surface area contributed by atoms with Crippen molar-refractivity contribution < 1.29 is 23.6 Å². The van der Waals surface area contributed by atoms with E-state index in [4.69, 9.17) is 0 Å². The molecule has 0 saturated carbocycles. The maximum atomic E-state index is 13.5. The highest BCUT2D eigenvalue weighted by Crippen LogP contribution is 2.50. The summed E-state index contributed by atoms with van der Waals surface area (Å²) in [5.41, 5.74) is -1.03. The molecule has 0 aromatic heterocycles. The number of fused-ring (bicyclic) bond motifs is 3. The quantitative estimate of drug-likeness (QED) is 0.612. The van der Waals surface area contributed by atoms with Crippen molar-refractivity contribution in [3.8, 4) is 0 Å². The number of halogens is 1. The summed E-state index contributed by atoms with van der Waals surface area (Å²) in [6.07, 6.45) is 0. The number of amides is 2. The molecule has 30 heavy (non-hydrogen) atoms. The molecule has 152 valence electrons. The molecule has 2 saturated heterocycles. The first kappa shape index (κ1) is 18.8. The van der Waals surface area contributed by atoms with Gasteiger partial charge in [0.05, 0.1) is 17.5 Å². The summed E-state index contributed by atoms with van der Waals surface area (Å²) in [5, 5.41) is 3.13. The molecule has 0 unspecified atom stereocenters. The summed E-state index contributed by atoms with van der Waals surface area (Å²) < 4.78 is 13.4. The first-order valence-corrected chi connectivity index (χ1v) is 9.88. The maximum absolute atomic E-state index is 13.5. The highest BCUT2D eigenvalue weighted by Gasteiger charge is 2.73. The van der Waals surface area contributed by atoms with Crippen molar-refractivity contribution in [2.45, 2.75) is 25.4 Å². The normalized spacial score (nSPS) is 26.8. The molecule has 7 heteroatoms. The fourth-order valence-electron chi connectivity index (χ4n) is 5.20. The van der Waals surface area contributed by atoms with E-state index >= 15 is 0 Å². The Hall–Kier alpha value is -3.19. The maximum Gasteiger partial charge on any atom is 0.240 e. The first-order chi connectivity index (χ1) is 14.3. The molecule has 0 bridgehead atoms. The molecule has 5 rings (SSSR count). The number of rotatable bonds is 2. The zero-order valence-corrected chi connectivity index (χ0v) is 16.4. The molecular formula is C23H19FN2O4. The van der Waals surface area contributed by atoms with Crippen molar-refractivity contribution in [1.29, 1.82) is 0 Å². The lowest BCUT2D eigenvalue weighted by molar-refractivity contribution is -0.123. The molecule has 3 aliphatic rings. The Bertz CT molecular complexity index is 1090. The summed E-state index contributed by atoms with van der Waals surface area (Å²) in [6.45, 7) is 3.76. The van der Waals surface area contributed by atoms with Crippen LogP contribution >= 0.6 is 0 Å². The Labute approximate surface area is 172 Å². The van der Waals surface area contributed by atoms with Gasteiger partial charge in [0.1, 0.15) is 5.82 Å². The number of carbonyl (C=O) groups excluding carboxylic acids is 4. The van der Waals surface area contributed by atoms with Gasteiger partial charge in [-0.3, -0.25) is 24.5 Å². The molecule has 2 aliphatic heterocycles. The van der Waals surface area contributed by atoms with Gasteiger partial charge in [-0.1, -0.05) is 38.1 Å². The van der Waals surface area contributed by atoms with Gasteiger partial charge in [-0.25, -0.2) is 9.29 Å². The van der Waals surface area contributed by atoms with Gasteiger partial charge in [-0.2, -0.15) is 0 Å². The Morgan fingerprint density at radius 2 is 1.47 bits per heavy atom. The van der Waals surface area contributed by atoms with E-state index in [9.17, 15) is 23.6 Å². The number of benzene rings is 2. The van der Waals surface area contributed by atoms with Gasteiger partial charge in [-0.15, -0.1) is 0 Å². The third kappa shape index (κ3) is 2.15. The van der Waals surface area contributed by atoms with Gasteiger partial charge in [0.15, 0.2) is 17.1 Å². The number of imide groups is 1. The molecule has 1 spiro atoms. The molecule has 2 aromatic carbocycles. The van der Waals surface area contributed by atoms with Crippen LogP contribution in [-0.4, -0.2) is 35.0 Å². The summed E-state index contributed by atoms with van der Waals surface area (Å²) >= 11 is 0. The minimum absolute atomic E-state index is 0.105. The van der Waals surface area contributed by atoms with E-state index in [-0.39, 0.29) is 22.7 Å². The van der Waals surface area contributed by atoms with Crippen molar-refractivity contribution >= 4 is 29.1 Å². The lowest BCUT2D eigenvalue weighted by atomic mass is 9.76. The number of anilines is 1. The predicted molar refractivity (Wildman–Crippen MR) is 105 cm³/mol. The van der Waals surface area contributed by atoms with Crippen LogP contribution in [0.3, 0.4) is 0 Å². The van der Waals surface area contributed by atoms with Crippen LogP contribution < -0.4 is 10.2 Å². The van der Waals surface area contributed by atoms with Crippen LogP contribution in [-0.2, 0) is 9.59 Å². The highest BCUT2D eigenvalue weighted by molar-refractivity contribution is 6.37. The monoisotopic (exact) mass is 406 g/mol. The minimum atomic E-state index is -1.79. The van der Waals surface area contributed by atoms with Gasteiger partial charge in [0, 0.05) is 17.2 Å².